The van der Waals surface area contributed by atoms with Crippen LogP contribution in [0.15, 0.2) is 84.4 Å². The number of carbonyl (C=O) groups excluding carboxylic acids is 2. The number of fused-ring (bicyclic) bond motifs is 1. The Morgan fingerprint density at radius 3 is 2.60 bits per heavy atom. The van der Waals surface area contributed by atoms with Crippen LogP contribution in [0.2, 0.25) is 0 Å². The van der Waals surface area contributed by atoms with Crippen molar-refractivity contribution in [2.45, 2.75) is 11.8 Å². The molecule has 0 aliphatic heterocycles. The van der Waals surface area contributed by atoms with Gasteiger partial charge in [0, 0.05) is 35.2 Å². The predicted octanol–water partition coefficient (Wildman–Crippen LogP) is 3.07. The van der Waals surface area contributed by atoms with Gasteiger partial charge in [0.1, 0.15) is 5.82 Å². The standard InChI is InChI=1S/C27H20N8O4S/c1-16-5-6-30-13-22(16)18-8-19-10-25(31-14-23(19)24(29)9-18)34-27(37)26(36)33-20-12-32-35(15-20)40(38,39)21-4-2-3-17(7-21)11-28/h2-10,12-15H,29H2,1H3,(H,33,36)(H,31,34,37). The fourth-order valence-electron chi connectivity index (χ4n) is 3.97. The van der Waals surface area contributed by atoms with Gasteiger partial charge in [-0.2, -0.15) is 22.9 Å². The molecule has 5 aromatic rings. The molecule has 0 aliphatic rings. The Morgan fingerprint density at radius 2 is 1.82 bits per heavy atom. The summed E-state index contributed by atoms with van der Waals surface area (Å²) in [5.41, 5.74) is 9.61. The maximum absolute atomic E-state index is 12.8. The van der Waals surface area contributed by atoms with E-state index in [0.29, 0.717) is 20.5 Å². The van der Waals surface area contributed by atoms with Crippen LogP contribution in [0.25, 0.3) is 21.9 Å². The first kappa shape index (κ1) is 26.0. The number of anilines is 3. The highest BCUT2D eigenvalue weighted by Crippen LogP contribution is 2.31. The van der Waals surface area contributed by atoms with Gasteiger partial charge in [0.05, 0.1) is 34.6 Å². The number of aromatic nitrogens is 4. The number of aryl methyl sites for hydroxylation is 1. The number of carbonyl (C=O) groups is 2. The van der Waals surface area contributed by atoms with Crippen LogP contribution < -0.4 is 16.4 Å². The molecule has 0 fully saturated rings. The highest BCUT2D eigenvalue weighted by atomic mass is 32.2. The van der Waals surface area contributed by atoms with Crippen LogP contribution in [0.3, 0.4) is 0 Å². The molecule has 2 aromatic carbocycles. The second kappa shape index (κ2) is 10.3. The summed E-state index contributed by atoms with van der Waals surface area (Å²) in [4.78, 5) is 33.3. The molecule has 0 radical (unpaired) electrons. The van der Waals surface area contributed by atoms with E-state index >= 15 is 0 Å². The Kier molecular flexibility index (Phi) is 6.68. The summed E-state index contributed by atoms with van der Waals surface area (Å²) in [5, 5.41) is 18.9. The van der Waals surface area contributed by atoms with Crippen LogP contribution in [-0.2, 0) is 19.6 Å². The van der Waals surface area contributed by atoms with Crippen molar-refractivity contribution in [3.8, 4) is 17.2 Å². The molecule has 5 rings (SSSR count). The van der Waals surface area contributed by atoms with Crippen molar-refractivity contribution in [1.82, 2.24) is 19.2 Å². The zero-order valence-corrected chi connectivity index (χ0v) is 21.7. The monoisotopic (exact) mass is 552 g/mol. The van der Waals surface area contributed by atoms with Crippen molar-refractivity contribution in [2.24, 2.45) is 0 Å². The summed E-state index contributed by atoms with van der Waals surface area (Å²) in [5.74, 6) is -1.98. The number of nitriles is 1. The number of rotatable bonds is 5. The number of amides is 2. The van der Waals surface area contributed by atoms with Crippen LogP contribution in [0, 0.1) is 18.3 Å². The Morgan fingerprint density at radius 1 is 1.02 bits per heavy atom. The number of hydrogen-bond acceptors (Lipinski definition) is 9. The molecule has 13 heteroatoms. The normalized spacial score (nSPS) is 11.1. The molecular weight excluding hydrogens is 532 g/mol. The molecule has 0 bridgehead atoms. The highest BCUT2D eigenvalue weighted by Gasteiger charge is 2.21. The van der Waals surface area contributed by atoms with Crippen molar-refractivity contribution >= 4 is 49.8 Å². The van der Waals surface area contributed by atoms with Gasteiger partial charge in [-0.25, -0.2) is 4.98 Å². The maximum Gasteiger partial charge on any atom is 0.315 e. The summed E-state index contributed by atoms with van der Waals surface area (Å²) in [6.07, 6.45) is 7.05. The summed E-state index contributed by atoms with van der Waals surface area (Å²) in [7, 11) is -4.13. The zero-order chi connectivity index (χ0) is 28.4. The van der Waals surface area contributed by atoms with Crippen molar-refractivity contribution in [1.29, 1.82) is 5.26 Å². The predicted molar refractivity (Wildman–Crippen MR) is 147 cm³/mol. The lowest BCUT2D eigenvalue weighted by molar-refractivity contribution is -0.133. The second-order valence-corrected chi connectivity index (χ2v) is 10.5. The average molecular weight is 553 g/mol. The van der Waals surface area contributed by atoms with Crippen LogP contribution in [0.4, 0.5) is 17.2 Å². The van der Waals surface area contributed by atoms with E-state index in [9.17, 15) is 18.0 Å². The minimum atomic E-state index is -4.13. The molecule has 0 saturated carbocycles. The first-order valence-electron chi connectivity index (χ1n) is 11.7. The van der Waals surface area contributed by atoms with Crippen molar-refractivity contribution in [3.63, 3.8) is 0 Å². The van der Waals surface area contributed by atoms with E-state index in [2.05, 4.69) is 25.7 Å². The van der Waals surface area contributed by atoms with Gasteiger partial charge in [0.15, 0.2) is 0 Å². The number of nitrogens with zero attached hydrogens (tertiary/aromatic N) is 5. The van der Waals surface area contributed by atoms with E-state index in [1.807, 2.05) is 31.2 Å². The molecule has 12 nitrogen and oxygen atoms in total. The number of nitrogens with one attached hydrogen (secondary N) is 2. The summed E-state index contributed by atoms with van der Waals surface area (Å²) < 4.78 is 26.3. The minimum absolute atomic E-state index is 0.0316. The number of nitrogen functional groups attached to an aromatic ring is 1. The average Bonchev–Trinajstić information content (AvgIpc) is 3.42. The van der Waals surface area contributed by atoms with Gasteiger partial charge in [-0.05, 0) is 65.9 Å². The summed E-state index contributed by atoms with van der Waals surface area (Å²) in [6, 6.07) is 14.5. The molecule has 4 N–H and O–H groups in total. The molecule has 0 spiro atoms. The van der Waals surface area contributed by atoms with Gasteiger partial charge >= 0.3 is 11.8 Å². The molecular formula is C27H20N8O4S. The lowest BCUT2D eigenvalue weighted by Gasteiger charge is -2.11. The molecule has 0 aliphatic carbocycles. The lowest BCUT2D eigenvalue weighted by atomic mass is 9.99. The number of nitrogens with two attached hydrogens (primary N) is 1. The number of benzene rings is 2. The van der Waals surface area contributed by atoms with Crippen LogP contribution in [-0.4, -0.2) is 39.4 Å². The maximum atomic E-state index is 12.8. The van der Waals surface area contributed by atoms with Gasteiger partial charge in [0.25, 0.3) is 10.0 Å². The van der Waals surface area contributed by atoms with Crippen molar-refractivity contribution in [2.75, 3.05) is 16.4 Å². The minimum Gasteiger partial charge on any atom is -0.398 e. The molecule has 0 unspecified atom stereocenters. The van der Waals surface area contributed by atoms with Crippen LogP contribution in [0.1, 0.15) is 11.1 Å². The SMILES string of the molecule is Cc1ccncc1-c1cc(N)c2cnc(NC(=O)C(=O)Nc3cnn(S(=O)(=O)c4cccc(C#N)c4)c3)cc2c1. The van der Waals surface area contributed by atoms with E-state index in [-0.39, 0.29) is 22.0 Å². The fraction of sp³-hybridized carbons (Fsp3) is 0.0370. The fourth-order valence-corrected chi connectivity index (χ4v) is 5.14. The number of pyridine rings is 2. The first-order valence-corrected chi connectivity index (χ1v) is 13.1. The molecule has 2 amide bonds. The Labute approximate surface area is 228 Å². The largest absolute Gasteiger partial charge is 0.398 e. The van der Waals surface area contributed by atoms with Gasteiger partial charge < -0.3 is 16.4 Å². The quantitative estimate of drug-likeness (QED) is 0.218. The molecule has 0 atom stereocenters. The van der Waals surface area contributed by atoms with E-state index in [0.717, 1.165) is 29.1 Å². The van der Waals surface area contributed by atoms with E-state index in [1.54, 1.807) is 18.5 Å². The van der Waals surface area contributed by atoms with Crippen LogP contribution >= 0.6 is 0 Å². The molecule has 3 heterocycles. The third-order valence-corrected chi connectivity index (χ3v) is 7.53. The first-order chi connectivity index (χ1) is 19.2. The highest BCUT2D eigenvalue weighted by molar-refractivity contribution is 7.89. The molecule has 3 aromatic heterocycles. The van der Waals surface area contributed by atoms with Gasteiger partial charge in [-0.1, -0.05) is 6.07 Å². The third kappa shape index (κ3) is 5.06. The third-order valence-electron chi connectivity index (χ3n) is 5.99. The smallest absolute Gasteiger partial charge is 0.315 e. The topological polar surface area (TPSA) is 186 Å². The van der Waals surface area contributed by atoms with Crippen molar-refractivity contribution in [3.05, 3.63) is 90.6 Å². The molecule has 198 valence electrons. The Hall–Kier alpha value is -5.61. The van der Waals surface area contributed by atoms with Gasteiger partial charge in [-0.3, -0.25) is 14.6 Å². The van der Waals surface area contributed by atoms with Gasteiger partial charge in [0.2, 0.25) is 0 Å². The molecule has 0 saturated heterocycles. The summed E-state index contributed by atoms with van der Waals surface area (Å²) in [6.45, 7) is 1.96. The van der Waals surface area contributed by atoms with Crippen LogP contribution in [0.5, 0.6) is 0 Å². The van der Waals surface area contributed by atoms with E-state index in [1.165, 1.54) is 30.5 Å². The van der Waals surface area contributed by atoms with Gasteiger partial charge in [-0.15, -0.1) is 0 Å². The van der Waals surface area contributed by atoms with Crippen molar-refractivity contribution < 1.29 is 18.0 Å². The Bertz CT molecular complexity index is 1960. The summed E-state index contributed by atoms with van der Waals surface area (Å²) >= 11 is 0. The Balaban J connectivity index is 1.32. The molecule has 40 heavy (non-hydrogen) atoms. The second-order valence-electron chi connectivity index (χ2n) is 8.70. The number of hydrogen-bond donors (Lipinski definition) is 3. The zero-order valence-electron chi connectivity index (χ0n) is 20.9. The van der Waals surface area contributed by atoms with E-state index < -0.39 is 21.8 Å². The van der Waals surface area contributed by atoms with E-state index in [4.69, 9.17) is 11.0 Å². The lowest BCUT2D eigenvalue weighted by Crippen LogP contribution is -2.29.